The van der Waals surface area contributed by atoms with Crippen LogP contribution in [0.15, 0.2) is 36.4 Å². The van der Waals surface area contributed by atoms with Gasteiger partial charge in [-0.2, -0.15) is 0 Å². The van der Waals surface area contributed by atoms with E-state index in [1.165, 1.54) is 0 Å². The first-order chi connectivity index (χ1) is 14.4. The molecule has 0 fully saturated rings. The summed E-state index contributed by atoms with van der Waals surface area (Å²) in [6.45, 7) is 0.515. The van der Waals surface area contributed by atoms with Crippen LogP contribution in [0.3, 0.4) is 0 Å². The van der Waals surface area contributed by atoms with Crippen LogP contribution in [0.25, 0.3) is 0 Å². The SMILES string of the molecule is COc1ccc(C(CNC(=O)CCc2ccc(OC)c(OC)c2OC)N(C)C)cc1. The summed E-state index contributed by atoms with van der Waals surface area (Å²) in [7, 11) is 10.4. The molecular formula is C23H32N2O5. The van der Waals surface area contributed by atoms with Crippen LogP contribution in [-0.2, 0) is 11.2 Å². The lowest BCUT2D eigenvalue weighted by molar-refractivity contribution is -0.121. The van der Waals surface area contributed by atoms with Crippen LogP contribution in [-0.4, -0.2) is 59.9 Å². The molecule has 2 aromatic carbocycles. The summed E-state index contributed by atoms with van der Waals surface area (Å²) in [5.74, 6) is 2.51. The largest absolute Gasteiger partial charge is 0.497 e. The zero-order valence-electron chi connectivity index (χ0n) is 18.7. The van der Waals surface area contributed by atoms with E-state index >= 15 is 0 Å². The van der Waals surface area contributed by atoms with E-state index in [-0.39, 0.29) is 11.9 Å². The average Bonchev–Trinajstić information content (AvgIpc) is 2.77. The number of methoxy groups -OCH3 is 4. The van der Waals surface area contributed by atoms with Crippen molar-refractivity contribution >= 4 is 5.91 Å². The minimum Gasteiger partial charge on any atom is -0.497 e. The number of aryl methyl sites for hydroxylation is 1. The third kappa shape index (κ3) is 5.79. The summed E-state index contributed by atoms with van der Waals surface area (Å²) < 4.78 is 21.4. The number of nitrogens with one attached hydrogen (secondary N) is 1. The standard InChI is InChI=1S/C23H32N2O5/c1-25(2)19(16-7-11-18(27-3)12-8-16)15-24-21(26)14-10-17-9-13-20(28-4)23(30-6)22(17)29-5/h7-9,11-13,19H,10,14-15H2,1-6H3,(H,24,26). The summed E-state index contributed by atoms with van der Waals surface area (Å²) in [5.41, 5.74) is 2.01. The molecule has 0 radical (unpaired) electrons. The molecule has 0 aliphatic carbocycles. The number of carbonyl (C=O) groups is 1. The van der Waals surface area contributed by atoms with Gasteiger partial charge in [-0.15, -0.1) is 0 Å². The number of carbonyl (C=O) groups excluding carboxylic acids is 1. The van der Waals surface area contributed by atoms with E-state index in [0.29, 0.717) is 36.6 Å². The summed E-state index contributed by atoms with van der Waals surface area (Å²) in [4.78, 5) is 14.6. The molecule has 2 rings (SSSR count). The predicted octanol–water partition coefficient (Wildman–Crippen LogP) is 3.07. The molecule has 30 heavy (non-hydrogen) atoms. The molecule has 164 valence electrons. The predicted molar refractivity (Wildman–Crippen MR) is 117 cm³/mol. The molecule has 0 aromatic heterocycles. The van der Waals surface area contributed by atoms with E-state index < -0.39 is 0 Å². The molecule has 1 unspecified atom stereocenters. The number of hydrogen-bond donors (Lipinski definition) is 1. The maximum atomic E-state index is 12.5. The molecule has 0 aliphatic heterocycles. The fourth-order valence-corrected chi connectivity index (χ4v) is 3.33. The fourth-order valence-electron chi connectivity index (χ4n) is 3.33. The minimum absolute atomic E-state index is 0.0211. The Kier molecular flexibility index (Phi) is 8.80. The Balaban J connectivity index is 1.99. The normalized spacial score (nSPS) is 11.7. The van der Waals surface area contributed by atoms with E-state index in [1.807, 2.05) is 50.5 Å². The highest BCUT2D eigenvalue weighted by Gasteiger charge is 2.18. The number of ether oxygens (including phenoxy) is 4. The van der Waals surface area contributed by atoms with Crippen molar-refractivity contribution in [2.75, 3.05) is 49.1 Å². The Hall–Kier alpha value is -2.93. The highest BCUT2D eigenvalue weighted by molar-refractivity contribution is 5.76. The zero-order valence-corrected chi connectivity index (χ0v) is 18.7. The monoisotopic (exact) mass is 416 g/mol. The average molecular weight is 417 g/mol. The van der Waals surface area contributed by atoms with Gasteiger partial charge in [-0.1, -0.05) is 18.2 Å². The fraction of sp³-hybridized carbons (Fsp3) is 0.435. The lowest BCUT2D eigenvalue weighted by atomic mass is 10.0. The smallest absolute Gasteiger partial charge is 0.220 e. The van der Waals surface area contributed by atoms with Gasteiger partial charge in [0, 0.05) is 13.0 Å². The number of amides is 1. The second kappa shape index (κ2) is 11.3. The van der Waals surface area contributed by atoms with Crippen molar-refractivity contribution in [3.63, 3.8) is 0 Å². The van der Waals surface area contributed by atoms with E-state index in [1.54, 1.807) is 28.4 Å². The van der Waals surface area contributed by atoms with E-state index in [4.69, 9.17) is 18.9 Å². The third-order valence-electron chi connectivity index (χ3n) is 5.02. The molecular weight excluding hydrogens is 384 g/mol. The Morgan fingerprint density at radius 1 is 0.900 bits per heavy atom. The lowest BCUT2D eigenvalue weighted by Crippen LogP contribution is -2.34. The van der Waals surface area contributed by atoms with Gasteiger partial charge in [0.1, 0.15) is 5.75 Å². The summed E-state index contributed by atoms with van der Waals surface area (Å²) in [6.07, 6.45) is 0.874. The molecule has 7 nitrogen and oxygen atoms in total. The quantitative estimate of drug-likeness (QED) is 0.607. The number of benzene rings is 2. The first kappa shape index (κ1) is 23.3. The maximum Gasteiger partial charge on any atom is 0.220 e. The summed E-state index contributed by atoms with van der Waals surface area (Å²) in [5, 5.41) is 3.04. The molecule has 0 saturated carbocycles. The Morgan fingerprint density at radius 2 is 1.57 bits per heavy atom. The Bertz CT molecular complexity index is 821. The lowest BCUT2D eigenvalue weighted by Gasteiger charge is -2.25. The van der Waals surface area contributed by atoms with Crippen molar-refractivity contribution in [1.82, 2.24) is 10.2 Å². The molecule has 0 spiro atoms. The van der Waals surface area contributed by atoms with Crippen LogP contribution in [0.1, 0.15) is 23.6 Å². The first-order valence-electron chi connectivity index (χ1n) is 9.80. The van der Waals surface area contributed by atoms with Crippen LogP contribution in [0.2, 0.25) is 0 Å². The molecule has 2 aromatic rings. The van der Waals surface area contributed by atoms with Gasteiger partial charge in [-0.05, 0) is 49.8 Å². The zero-order chi connectivity index (χ0) is 22.1. The van der Waals surface area contributed by atoms with E-state index in [2.05, 4.69) is 10.2 Å². The van der Waals surface area contributed by atoms with Crippen LogP contribution in [0.5, 0.6) is 23.0 Å². The Morgan fingerprint density at radius 3 is 2.10 bits per heavy atom. The molecule has 1 atom stereocenters. The van der Waals surface area contributed by atoms with Crippen LogP contribution in [0.4, 0.5) is 0 Å². The van der Waals surface area contributed by atoms with Gasteiger partial charge >= 0.3 is 0 Å². The van der Waals surface area contributed by atoms with E-state index in [0.717, 1.165) is 16.9 Å². The molecule has 1 N–H and O–H groups in total. The van der Waals surface area contributed by atoms with Crippen LogP contribution < -0.4 is 24.3 Å². The van der Waals surface area contributed by atoms with Crippen molar-refractivity contribution < 1.29 is 23.7 Å². The van der Waals surface area contributed by atoms with Gasteiger partial charge in [-0.25, -0.2) is 0 Å². The highest BCUT2D eigenvalue weighted by atomic mass is 16.5. The van der Waals surface area contributed by atoms with Gasteiger partial charge < -0.3 is 29.2 Å². The van der Waals surface area contributed by atoms with Crippen LogP contribution in [0, 0.1) is 0 Å². The first-order valence-corrected chi connectivity index (χ1v) is 9.80. The van der Waals surface area contributed by atoms with Crippen LogP contribution >= 0.6 is 0 Å². The molecule has 0 heterocycles. The molecule has 0 aliphatic rings. The molecule has 7 heteroatoms. The van der Waals surface area contributed by atoms with Gasteiger partial charge in [-0.3, -0.25) is 4.79 Å². The van der Waals surface area contributed by atoms with Gasteiger partial charge in [0.15, 0.2) is 11.5 Å². The van der Waals surface area contributed by atoms with Gasteiger partial charge in [0.25, 0.3) is 0 Å². The molecule has 1 amide bonds. The van der Waals surface area contributed by atoms with Crippen molar-refractivity contribution in [3.8, 4) is 23.0 Å². The van der Waals surface area contributed by atoms with Crippen molar-refractivity contribution in [3.05, 3.63) is 47.5 Å². The molecule has 0 bridgehead atoms. The van der Waals surface area contributed by atoms with E-state index in [9.17, 15) is 4.79 Å². The minimum atomic E-state index is -0.0211. The second-order valence-electron chi connectivity index (χ2n) is 7.05. The number of rotatable bonds is 11. The van der Waals surface area contributed by atoms with Gasteiger partial charge in [0.2, 0.25) is 11.7 Å². The van der Waals surface area contributed by atoms with Crippen molar-refractivity contribution in [2.45, 2.75) is 18.9 Å². The van der Waals surface area contributed by atoms with Crippen molar-refractivity contribution in [2.24, 2.45) is 0 Å². The summed E-state index contributed by atoms with van der Waals surface area (Å²) >= 11 is 0. The maximum absolute atomic E-state index is 12.5. The number of hydrogen-bond acceptors (Lipinski definition) is 6. The molecule has 0 saturated heterocycles. The highest BCUT2D eigenvalue weighted by Crippen LogP contribution is 2.40. The number of likely N-dealkylation sites (N-methyl/N-ethyl adjacent to an activating group) is 1. The van der Waals surface area contributed by atoms with Gasteiger partial charge in [0.05, 0.1) is 34.5 Å². The number of nitrogens with zero attached hydrogens (tertiary/aromatic N) is 1. The Labute approximate surface area is 178 Å². The summed E-state index contributed by atoms with van der Waals surface area (Å²) in [6, 6.07) is 11.7. The second-order valence-corrected chi connectivity index (χ2v) is 7.05. The third-order valence-corrected chi connectivity index (χ3v) is 5.02. The topological polar surface area (TPSA) is 69.3 Å². The van der Waals surface area contributed by atoms with Crippen molar-refractivity contribution in [1.29, 1.82) is 0 Å².